The van der Waals surface area contributed by atoms with Crippen LogP contribution < -0.4 is 11.0 Å². The van der Waals surface area contributed by atoms with Gasteiger partial charge in [-0.3, -0.25) is 14.4 Å². The lowest BCUT2D eigenvalue weighted by Gasteiger charge is -2.19. The van der Waals surface area contributed by atoms with Gasteiger partial charge >= 0.3 is 11.9 Å². The van der Waals surface area contributed by atoms with E-state index in [0.717, 1.165) is 13.8 Å². The smallest absolute Gasteiger partial charge is 0.332 e. The Morgan fingerprint density at radius 2 is 1.81 bits per heavy atom. The number of carboxylic acid groups (broad SMARTS) is 2. The molecule has 1 heterocycles. The van der Waals surface area contributed by atoms with Gasteiger partial charge in [0.05, 0.1) is 22.1 Å². The molecule has 1 aromatic carbocycles. The van der Waals surface area contributed by atoms with Gasteiger partial charge in [0.15, 0.2) is 0 Å². The molecule has 136 valence electrons. The van der Waals surface area contributed by atoms with Crippen LogP contribution in [-0.4, -0.2) is 32.2 Å². The maximum atomic E-state index is 12.3. The Balaban J connectivity index is 3.00. The lowest BCUT2D eigenvalue weighted by atomic mass is 9.83. The van der Waals surface area contributed by atoms with Gasteiger partial charge in [-0.15, -0.1) is 0 Å². The predicted molar refractivity (Wildman–Crippen MR) is 94.5 cm³/mol. The average molecular weight is 380 g/mol. The van der Waals surface area contributed by atoms with Gasteiger partial charge in [0, 0.05) is 10.4 Å². The number of aliphatic carboxylic acids is 2. The topological polar surface area (TPSA) is 145 Å². The summed E-state index contributed by atoms with van der Waals surface area (Å²) in [5.41, 5.74) is -5.46. The summed E-state index contributed by atoms with van der Waals surface area (Å²) in [7, 11) is 0. The van der Waals surface area contributed by atoms with Crippen LogP contribution in [0.2, 0.25) is 5.02 Å². The highest BCUT2D eigenvalue weighted by Gasteiger charge is 2.36. The van der Waals surface area contributed by atoms with Gasteiger partial charge in [-0.05, 0) is 38.1 Å². The number of rotatable bonds is 4. The number of benzene rings is 1. The van der Waals surface area contributed by atoms with Crippen molar-refractivity contribution in [2.24, 2.45) is 5.41 Å². The highest BCUT2D eigenvalue weighted by Crippen LogP contribution is 2.32. The number of aromatic nitrogens is 1. The third-order valence-electron chi connectivity index (χ3n) is 3.92. The first-order valence-corrected chi connectivity index (χ1v) is 7.62. The van der Waals surface area contributed by atoms with Crippen molar-refractivity contribution in [3.05, 3.63) is 54.9 Å². The van der Waals surface area contributed by atoms with Gasteiger partial charge in [0.2, 0.25) is 0 Å². The first kappa shape index (κ1) is 19.2. The van der Waals surface area contributed by atoms with Crippen molar-refractivity contribution in [3.63, 3.8) is 0 Å². The van der Waals surface area contributed by atoms with Crippen LogP contribution in [0.1, 0.15) is 19.4 Å². The molecule has 0 aliphatic rings. The molecular formula is C17H14ClNO7. The van der Waals surface area contributed by atoms with E-state index in [2.05, 4.69) is 4.98 Å². The number of carbonyl (C=O) groups is 2. The molecule has 0 fully saturated rings. The SMILES string of the molecule is CC(C)(C(=O)O)C(=Cc1c(O)c2ccc(Cl)cc2[nH]c(=O)c1=O)C(=O)O. The van der Waals surface area contributed by atoms with E-state index < -0.39 is 45.2 Å². The number of halogens is 1. The van der Waals surface area contributed by atoms with Crippen molar-refractivity contribution in [1.82, 2.24) is 4.98 Å². The molecular weight excluding hydrogens is 366 g/mol. The van der Waals surface area contributed by atoms with Gasteiger partial charge in [0.25, 0.3) is 11.0 Å². The number of H-pyrrole nitrogens is 1. The summed E-state index contributed by atoms with van der Waals surface area (Å²) in [6.45, 7) is 2.25. The molecule has 2 aromatic rings. The number of hydrogen-bond donors (Lipinski definition) is 4. The zero-order valence-electron chi connectivity index (χ0n) is 13.7. The molecule has 0 aliphatic carbocycles. The third-order valence-corrected chi connectivity index (χ3v) is 4.15. The Bertz CT molecular complexity index is 1080. The Labute approximate surface area is 151 Å². The summed E-state index contributed by atoms with van der Waals surface area (Å²) in [6.07, 6.45) is 0.706. The van der Waals surface area contributed by atoms with Gasteiger partial charge < -0.3 is 20.3 Å². The zero-order valence-corrected chi connectivity index (χ0v) is 14.4. The van der Waals surface area contributed by atoms with Crippen LogP contribution >= 0.6 is 11.6 Å². The number of carboxylic acids is 2. The van der Waals surface area contributed by atoms with Gasteiger partial charge in [-0.1, -0.05) is 11.6 Å². The fraction of sp³-hybridized carbons (Fsp3) is 0.176. The Morgan fingerprint density at radius 1 is 1.19 bits per heavy atom. The van der Waals surface area contributed by atoms with E-state index in [-0.39, 0.29) is 15.9 Å². The van der Waals surface area contributed by atoms with Crippen molar-refractivity contribution < 1.29 is 24.9 Å². The zero-order chi connectivity index (χ0) is 19.8. The first-order chi connectivity index (χ1) is 12.0. The van der Waals surface area contributed by atoms with Crippen LogP contribution in [0, 0.1) is 5.41 Å². The van der Waals surface area contributed by atoms with E-state index in [1.165, 1.54) is 18.2 Å². The maximum Gasteiger partial charge on any atom is 0.332 e. The molecule has 9 heteroatoms. The van der Waals surface area contributed by atoms with Crippen molar-refractivity contribution >= 4 is 40.5 Å². The number of hydrogen-bond acceptors (Lipinski definition) is 5. The van der Waals surface area contributed by atoms with E-state index >= 15 is 0 Å². The number of aromatic hydroxyl groups is 1. The lowest BCUT2D eigenvalue weighted by molar-refractivity contribution is -0.148. The maximum absolute atomic E-state index is 12.3. The minimum absolute atomic E-state index is 0.0396. The van der Waals surface area contributed by atoms with E-state index in [0.29, 0.717) is 6.08 Å². The molecule has 1 aromatic heterocycles. The summed E-state index contributed by atoms with van der Waals surface area (Å²) in [5, 5.41) is 29.4. The second-order valence-corrected chi connectivity index (χ2v) is 6.47. The van der Waals surface area contributed by atoms with E-state index in [4.69, 9.17) is 11.6 Å². The van der Waals surface area contributed by atoms with E-state index in [1.807, 2.05) is 0 Å². The van der Waals surface area contributed by atoms with Gasteiger partial charge in [-0.2, -0.15) is 0 Å². The van der Waals surface area contributed by atoms with Crippen molar-refractivity contribution in [1.29, 1.82) is 0 Å². The average Bonchev–Trinajstić information content (AvgIpc) is 2.61. The molecule has 0 saturated carbocycles. The van der Waals surface area contributed by atoms with Crippen molar-refractivity contribution in [3.8, 4) is 5.75 Å². The molecule has 0 unspecified atom stereocenters. The largest absolute Gasteiger partial charge is 0.506 e. The molecule has 4 N–H and O–H groups in total. The van der Waals surface area contributed by atoms with Crippen LogP contribution in [0.15, 0.2) is 33.4 Å². The van der Waals surface area contributed by atoms with E-state index in [1.54, 1.807) is 0 Å². The Kier molecular flexibility index (Phi) is 4.90. The number of aromatic amines is 1. The molecule has 2 rings (SSSR count). The van der Waals surface area contributed by atoms with Crippen LogP contribution in [0.3, 0.4) is 0 Å². The molecule has 0 aliphatic heterocycles. The second-order valence-electron chi connectivity index (χ2n) is 6.03. The van der Waals surface area contributed by atoms with Crippen LogP contribution in [0.5, 0.6) is 5.75 Å². The lowest BCUT2D eigenvalue weighted by Crippen LogP contribution is -2.31. The van der Waals surface area contributed by atoms with Crippen LogP contribution in [-0.2, 0) is 9.59 Å². The summed E-state index contributed by atoms with van der Waals surface area (Å²) in [6, 6.07) is 4.05. The molecule has 8 nitrogen and oxygen atoms in total. The predicted octanol–water partition coefficient (Wildman–Crippen LogP) is 1.83. The summed E-state index contributed by atoms with van der Waals surface area (Å²) < 4.78 is 0. The fourth-order valence-electron chi connectivity index (χ4n) is 2.28. The summed E-state index contributed by atoms with van der Waals surface area (Å²) >= 11 is 5.83. The van der Waals surface area contributed by atoms with Crippen LogP contribution in [0.25, 0.3) is 17.0 Å². The summed E-state index contributed by atoms with van der Waals surface area (Å²) in [4.78, 5) is 49.5. The summed E-state index contributed by atoms with van der Waals surface area (Å²) in [5.74, 6) is -3.73. The number of nitrogens with one attached hydrogen (secondary N) is 1. The normalized spacial score (nSPS) is 12.2. The minimum atomic E-state index is -1.88. The molecule has 0 radical (unpaired) electrons. The molecule has 0 bridgehead atoms. The monoisotopic (exact) mass is 379 g/mol. The third kappa shape index (κ3) is 3.31. The quantitative estimate of drug-likeness (QED) is 0.468. The highest BCUT2D eigenvalue weighted by atomic mass is 35.5. The Morgan fingerprint density at radius 3 is 2.35 bits per heavy atom. The molecule has 0 amide bonds. The van der Waals surface area contributed by atoms with Crippen molar-refractivity contribution in [2.75, 3.05) is 0 Å². The fourth-order valence-corrected chi connectivity index (χ4v) is 2.46. The highest BCUT2D eigenvalue weighted by molar-refractivity contribution is 6.31. The minimum Gasteiger partial charge on any atom is -0.506 e. The first-order valence-electron chi connectivity index (χ1n) is 7.24. The Hall–Kier alpha value is -3.13. The molecule has 0 atom stereocenters. The standard InChI is InChI=1S/C17H14ClNO7/c1-17(2,16(25)26)10(15(23)24)6-9-12(20)8-4-3-7(18)5-11(8)19-14(22)13(9)21/h3-6,20H,1-2H3,(H,23,24)(H,25,26)(H,19,21,22). The molecule has 26 heavy (non-hydrogen) atoms. The van der Waals surface area contributed by atoms with E-state index in [9.17, 15) is 34.5 Å². The van der Waals surface area contributed by atoms with Gasteiger partial charge in [0.1, 0.15) is 5.75 Å². The molecule has 0 spiro atoms. The second kappa shape index (κ2) is 6.64. The van der Waals surface area contributed by atoms with Crippen molar-refractivity contribution in [2.45, 2.75) is 13.8 Å². The van der Waals surface area contributed by atoms with Crippen LogP contribution in [0.4, 0.5) is 0 Å². The molecule has 0 saturated heterocycles. The number of fused-ring (bicyclic) bond motifs is 1. The van der Waals surface area contributed by atoms with Gasteiger partial charge in [-0.25, -0.2) is 4.79 Å².